The molecule has 0 aromatic heterocycles. The van der Waals surface area contributed by atoms with Crippen LogP contribution in [0.2, 0.25) is 0 Å². The number of carbonyl (C=O) groups excluding carboxylic acids is 2. The number of hydrogen-bond acceptors (Lipinski definition) is 7. The van der Waals surface area contributed by atoms with Gasteiger partial charge in [0, 0.05) is 0 Å². The van der Waals surface area contributed by atoms with Crippen molar-refractivity contribution in [2.75, 3.05) is 11.8 Å². The van der Waals surface area contributed by atoms with Crippen LogP contribution in [0.4, 0.5) is 5.69 Å². The van der Waals surface area contributed by atoms with Crippen molar-refractivity contribution >= 4 is 27.6 Å². The lowest BCUT2D eigenvalue weighted by atomic mass is 10.1. The summed E-state index contributed by atoms with van der Waals surface area (Å²) in [5.74, 6) is -0.866. The molecule has 0 fully saturated rings. The molecule has 0 aliphatic heterocycles. The third-order valence-corrected chi connectivity index (χ3v) is 5.11. The minimum absolute atomic E-state index is 0.00948. The predicted molar refractivity (Wildman–Crippen MR) is 111 cm³/mol. The highest BCUT2D eigenvalue weighted by molar-refractivity contribution is 7.92. The number of esters is 2. The maximum atomic E-state index is 12.7. The standard InChI is InChI=1S/C21H25NO7S/c1-13(2)28-20(23)15-10-16(21(24)29-14(3)4)12-17(11-15)22-30(25,26)19-8-6-18(27-5)7-9-19/h6-14,22H,1-5H3. The molecule has 0 atom stereocenters. The van der Waals surface area contributed by atoms with Gasteiger partial charge in [0.05, 0.1) is 41.0 Å². The van der Waals surface area contributed by atoms with E-state index in [-0.39, 0.29) is 33.9 Å². The fourth-order valence-electron chi connectivity index (χ4n) is 2.46. The third kappa shape index (κ3) is 6.21. The van der Waals surface area contributed by atoms with Crippen LogP contribution < -0.4 is 9.46 Å². The van der Waals surface area contributed by atoms with Crippen molar-refractivity contribution in [2.24, 2.45) is 0 Å². The fourth-order valence-corrected chi connectivity index (χ4v) is 3.50. The highest BCUT2D eigenvalue weighted by atomic mass is 32.2. The Kier molecular flexibility index (Phi) is 7.44. The lowest BCUT2D eigenvalue weighted by Crippen LogP contribution is -2.17. The second kappa shape index (κ2) is 9.62. The van der Waals surface area contributed by atoms with Crippen LogP contribution >= 0.6 is 0 Å². The van der Waals surface area contributed by atoms with Crippen LogP contribution in [-0.4, -0.2) is 39.7 Å². The third-order valence-electron chi connectivity index (χ3n) is 3.71. The summed E-state index contributed by atoms with van der Waals surface area (Å²) < 4.78 is 43.2. The highest BCUT2D eigenvalue weighted by Crippen LogP contribution is 2.23. The van der Waals surface area contributed by atoms with E-state index < -0.39 is 22.0 Å². The molecule has 0 unspecified atom stereocenters. The van der Waals surface area contributed by atoms with Crippen LogP contribution in [0.1, 0.15) is 48.4 Å². The summed E-state index contributed by atoms with van der Waals surface area (Å²) in [4.78, 5) is 24.7. The smallest absolute Gasteiger partial charge is 0.338 e. The van der Waals surface area contributed by atoms with Gasteiger partial charge in [-0.25, -0.2) is 18.0 Å². The molecule has 0 aliphatic rings. The molecule has 0 saturated carbocycles. The molecule has 2 rings (SSSR count). The summed E-state index contributed by atoms with van der Waals surface area (Å²) >= 11 is 0. The van der Waals surface area contributed by atoms with Gasteiger partial charge >= 0.3 is 11.9 Å². The second-order valence-electron chi connectivity index (χ2n) is 6.99. The van der Waals surface area contributed by atoms with Crippen molar-refractivity contribution in [3.63, 3.8) is 0 Å². The van der Waals surface area contributed by atoms with Crippen LogP contribution in [-0.2, 0) is 19.5 Å². The lowest BCUT2D eigenvalue weighted by molar-refractivity contribution is 0.0377. The summed E-state index contributed by atoms with van der Waals surface area (Å²) in [5, 5.41) is 0. The van der Waals surface area contributed by atoms with E-state index in [1.165, 1.54) is 49.6 Å². The Hall–Kier alpha value is -3.07. The molecule has 0 radical (unpaired) electrons. The molecule has 1 N–H and O–H groups in total. The maximum absolute atomic E-state index is 12.7. The normalized spacial score (nSPS) is 11.3. The molecule has 0 saturated heterocycles. The number of sulfonamides is 1. The Bertz CT molecular complexity index is 972. The van der Waals surface area contributed by atoms with Crippen molar-refractivity contribution in [3.05, 3.63) is 53.6 Å². The molecule has 2 aromatic rings. The van der Waals surface area contributed by atoms with E-state index in [0.717, 1.165) is 0 Å². The van der Waals surface area contributed by atoms with Gasteiger partial charge in [-0.3, -0.25) is 4.72 Å². The van der Waals surface area contributed by atoms with Gasteiger partial charge in [-0.15, -0.1) is 0 Å². The van der Waals surface area contributed by atoms with E-state index in [4.69, 9.17) is 14.2 Å². The highest BCUT2D eigenvalue weighted by Gasteiger charge is 2.20. The SMILES string of the molecule is COc1ccc(S(=O)(=O)Nc2cc(C(=O)OC(C)C)cc(C(=O)OC(C)C)c2)cc1. The quantitative estimate of drug-likeness (QED) is 0.631. The van der Waals surface area contributed by atoms with E-state index in [1.54, 1.807) is 27.7 Å². The summed E-state index contributed by atoms with van der Waals surface area (Å²) in [6.45, 7) is 6.73. The van der Waals surface area contributed by atoms with Gasteiger partial charge in [0.15, 0.2) is 0 Å². The number of rotatable bonds is 8. The molecule has 2 aromatic carbocycles. The van der Waals surface area contributed by atoms with Crippen LogP contribution in [0, 0.1) is 0 Å². The van der Waals surface area contributed by atoms with Gasteiger partial charge < -0.3 is 14.2 Å². The molecule has 0 amide bonds. The monoisotopic (exact) mass is 435 g/mol. The summed E-state index contributed by atoms with van der Waals surface area (Å²) in [6.07, 6.45) is -0.772. The Morgan fingerprint density at radius 2 is 1.30 bits per heavy atom. The molecule has 0 spiro atoms. The van der Waals surface area contributed by atoms with Crippen LogP contribution in [0.5, 0.6) is 5.75 Å². The van der Waals surface area contributed by atoms with E-state index in [0.29, 0.717) is 5.75 Å². The number of nitrogens with one attached hydrogen (secondary N) is 1. The first-order chi connectivity index (χ1) is 14.0. The van der Waals surface area contributed by atoms with E-state index in [9.17, 15) is 18.0 Å². The zero-order valence-electron chi connectivity index (χ0n) is 17.5. The van der Waals surface area contributed by atoms with E-state index >= 15 is 0 Å². The average molecular weight is 435 g/mol. The summed E-state index contributed by atoms with van der Waals surface area (Å²) in [6, 6.07) is 9.70. The largest absolute Gasteiger partial charge is 0.497 e. The molecule has 0 bridgehead atoms. The van der Waals surface area contributed by atoms with E-state index in [1.807, 2.05) is 0 Å². The molecule has 162 valence electrons. The molecule has 0 aliphatic carbocycles. The zero-order valence-corrected chi connectivity index (χ0v) is 18.3. The number of carbonyl (C=O) groups is 2. The van der Waals surface area contributed by atoms with Gasteiger partial charge in [-0.05, 0) is 70.2 Å². The molecule has 30 heavy (non-hydrogen) atoms. The van der Waals surface area contributed by atoms with Crippen molar-refractivity contribution < 1.29 is 32.2 Å². The van der Waals surface area contributed by atoms with Crippen LogP contribution in [0.25, 0.3) is 0 Å². The number of ether oxygens (including phenoxy) is 3. The Morgan fingerprint density at radius 1 is 0.833 bits per heavy atom. The molecule has 8 nitrogen and oxygen atoms in total. The van der Waals surface area contributed by atoms with Gasteiger partial charge in [-0.1, -0.05) is 0 Å². The van der Waals surface area contributed by atoms with Crippen LogP contribution in [0.3, 0.4) is 0 Å². The fraction of sp³-hybridized carbons (Fsp3) is 0.333. The van der Waals surface area contributed by atoms with Crippen molar-refractivity contribution in [1.29, 1.82) is 0 Å². The molecule has 9 heteroatoms. The lowest BCUT2D eigenvalue weighted by Gasteiger charge is -2.14. The van der Waals surface area contributed by atoms with E-state index in [2.05, 4.69) is 4.72 Å². The van der Waals surface area contributed by atoms with Crippen molar-refractivity contribution in [3.8, 4) is 5.75 Å². The average Bonchev–Trinajstić information content (AvgIpc) is 2.66. The van der Waals surface area contributed by atoms with Gasteiger partial charge in [-0.2, -0.15) is 0 Å². The maximum Gasteiger partial charge on any atom is 0.338 e. The Morgan fingerprint density at radius 3 is 1.70 bits per heavy atom. The molecule has 0 heterocycles. The first-order valence-corrected chi connectivity index (χ1v) is 10.7. The number of benzene rings is 2. The summed E-state index contributed by atoms with van der Waals surface area (Å²) in [5.41, 5.74) is 0.0726. The summed E-state index contributed by atoms with van der Waals surface area (Å²) in [7, 11) is -2.51. The topological polar surface area (TPSA) is 108 Å². The van der Waals surface area contributed by atoms with Crippen LogP contribution in [0.15, 0.2) is 47.4 Å². The Balaban J connectivity index is 2.43. The minimum Gasteiger partial charge on any atom is -0.497 e. The number of anilines is 1. The number of methoxy groups -OCH3 is 1. The van der Waals surface area contributed by atoms with Gasteiger partial charge in [0.1, 0.15) is 5.75 Å². The molecular weight excluding hydrogens is 410 g/mol. The predicted octanol–water partition coefficient (Wildman–Crippen LogP) is 3.63. The van der Waals surface area contributed by atoms with Gasteiger partial charge in [0.25, 0.3) is 10.0 Å². The Labute approximate surface area is 176 Å². The first-order valence-electron chi connectivity index (χ1n) is 9.25. The minimum atomic E-state index is -3.98. The first kappa shape index (κ1) is 23.2. The van der Waals surface area contributed by atoms with Crippen molar-refractivity contribution in [1.82, 2.24) is 0 Å². The van der Waals surface area contributed by atoms with Gasteiger partial charge in [0.2, 0.25) is 0 Å². The van der Waals surface area contributed by atoms with Crippen molar-refractivity contribution in [2.45, 2.75) is 44.8 Å². The number of hydrogen-bond donors (Lipinski definition) is 1. The molecular formula is C21H25NO7S. The second-order valence-corrected chi connectivity index (χ2v) is 8.67. The zero-order chi connectivity index (χ0) is 22.5.